The van der Waals surface area contributed by atoms with E-state index in [0.717, 1.165) is 24.4 Å². The molecule has 0 aliphatic rings. The molecule has 20 heavy (non-hydrogen) atoms. The Bertz CT molecular complexity index is 676. The fourth-order valence-electron chi connectivity index (χ4n) is 1.82. The molecular formula is C12H15N7O. The summed E-state index contributed by atoms with van der Waals surface area (Å²) in [6.07, 6.45) is 7.87. The maximum Gasteiger partial charge on any atom is 0.213 e. The molecule has 3 aromatic heterocycles. The Morgan fingerprint density at radius 2 is 2.25 bits per heavy atom. The van der Waals surface area contributed by atoms with Crippen LogP contribution >= 0.6 is 0 Å². The fourth-order valence-corrected chi connectivity index (χ4v) is 1.82. The van der Waals surface area contributed by atoms with Crippen LogP contribution in [0.1, 0.15) is 19.2 Å². The van der Waals surface area contributed by atoms with Crippen LogP contribution in [0.2, 0.25) is 0 Å². The van der Waals surface area contributed by atoms with Gasteiger partial charge in [0.2, 0.25) is 6.39 Å². The predicted molar refractivity (Wildman–Crippen MR) is 73.4 cm³/mol. The first-order valence-corrected chi connectivity index (χ1v) is 6.43. The van der Waals surface area contributed by atoms with E-state index in [1.807, 2.05) is 16.8 Å². The largest absolute Gasteiger partial charge is 0.369 e. The van der Waals surface area contributed by atoms with Gasteiger partial charge in [0, 0.05) is 18.9 Å². The molecule has 0 saturated heterocycles. The summed E-state index contributed by atoms with van der Waals surface area (Å²) < 4.78 is 6.62. The van der Waals surface area contributed by atoms with Crippen molar-refractivity contribution in [3.05, 3.63) is 30.8 Å². The number of anilines is 2. The number of aromatic nitrogens is 5. The monoisotopic (exact) mass is 273 g/mol. The van der Waals surface area contributed by atoms with E-state index in [9.17, 15) is 0 Å². The van der Waals surface area contributed by atoms with Crippen molar-refractivity contribution in [3.8, 4) is 0 Å². The molecule has 8 nitrogen and oxygen atoms in total. The number of rotatable bonds is 6. The zero-order chi connectivity index (χ0) is 13.8. The molecule has 0 unspecified atom stereocenters. The van der Waals surface area contributed by atoms with Gasteiger partial charge >= 0.3 is 0 Å². The van der Waals surface area contributed by atoms with Gasteiger partial charge in [0.05, 0.1) is 12.7 Å². The van der Waals surface area contributed by atoms with Crippen LogP contribution in [-0.2, 0) is 6.54 Å². The van der Waals surface area contributed by atoms with Crippen LogP contribution in [0.3, 0.4) is 0 Å². The van der Waals surface area contributed by atoms with Crippen LogP contribution in [-0.4, -0.2) is 31.1 Å². The quantitative estimate of drug-likeness (QED) is 0.703. The molecule has 3 heterocycles. The molecule has 0 atom stereocenters. The first kappa shape index (κ1) is 12.4. The van der Waals surface area contributed by atoms with E-state index < -0.39 is 0 Å². The molecule has 0 saturated carbocycles. The van der Waals surface area contributed by atoms with Gasteiger partial charge in [-0.25, -0.2) is 9.97 Å². The van der Waals surface area contributed by atoms with Gasteiger partial charge in [-0.1, -0.05) is 12.1 Å². The Kier molecular flexibility index (Phi) is 3.44. The van der Waals surface area contributed by atoms with Crippen LogP contribution in [0.5, 0.6) is 0 Å². The summed E-state index contributed by atoms with van der Waals surface area (Å²) in [6, 6.07) is 0. The van der Waals surface area contributed by atoms with Crippen LogP contribution in [0.25, 0.3) is 5.65 Å². The van der Waals surface area contributed by atoms with Gasteiger partial charge in [-0.3, -0.25) is 0 Å². The van der Waals surface area contributed by atoms with Crippen LogP contribution in [0.4, 0.5) is 11.6 Å². The van der Waals surface area contributed by atoms with E-state index in [1.165, 1.54) is 6.39 Å². The van der Waals surface area contributed by atoms with E-state index in [1.54, 1.807) is 6.20 Å². The molecule has 0 fully saturated rings. The Morgan fingerprint density at radius 1 is 1.30 bits per heavy atom. The molecular weight excluding hydrogens is 258 g/mol. The zero-order valence-electron chi connectivity index (χ0n) is 11.1. The van der Waals surface area contributed by atoms with Gasteiger partial charge in [0.15, 0.2) is 17.3 Å². The highest BCUT2D eigenvalue weighted by Crippen LogP contribution is 2.16. The van der Waals surface area contributed by atoms with E-state index in [4.69, 9.17) is 4.52 Å². The normalized spacial score (nSPS) is 10.8. The molecule has 2 N–H and O–H groups in total. The van der Waals surface area contributed by atoms with Gasteiger partial charge < -0.3 is 19.6 Å². The number of nitrogens with zero attached hydrogens (tertiary/aromatic N) is 5. The molecule has 104 valence electrons. The van der Waals surface area contributed by atoms with Gasteiger partial charge in [0.1, 0.15) is 5.82 Å². The molecule has 0 aliphatic heterocycles. The Balaban J connectivity index is 1.85. The maximum atomic E-state index is 4.70. The molecule has 0 aromatic carbocycles. The maximum absolute atomic E-state index is 4.70. The van der Waals surface area contributed by atoms with Crippen LogP contribution in [0.15, 0.2) is 29.5 Å². The molecule has 3 rings (SSSR count). The van der Waals surface area contributed by atoms with Crippen LogP contribution < -0.4 is 10.6 Å². The second-order valence-electron chi connectivity index (χ2n) is 4.26. The lowest BCUT2D eigenvalue weighted by Gasteiger charge is -2.09. The third kappa shape index (κ3) is 2.53. The number of hydrogen-bond acceptors (Lipinski definition) is 7. The van der Waals surface area contributed by atoms with E-state index in [-0.39, 0.29) is 0 Å². The van der Waals surface area contributed by atoms with Gasteiger partial charge in [-0.2, -0.15) is 4.98 Å². The van der Waals surface area contributed by atoms with E-state index >= 15 is 0 Å². The lowest BCUT2D eigenvalue weighted by atomic mass is 10.4. The SMILES string of the molecule is CCCNc1cn2ccnc2c(NCc2ncon2)n1. The number of fused-ring (bicyclic) bond motifs is 1. The lowest BCUT2D eigenvalue weighted by Crippen LogP contribution is -2.09. The molecule has 0 spiro atoms. The summed E-state index contributed by atoms with van der Waals surface area (Å²) in [7, 11) is 0. The first-order chi connectivity index (χ1) is 9.86. The third-order valence-corrected chi connectivity index (χ3v) is 2.75. The average Bonchev–Trinajstić information content (AvgIpc) is 3.13. The molecule has 0 radical (unpaired) electrons. The lowest BCUT2D eigenvalue weighted by molar-refractivity contribution is 0.411. The number of hydrogen-bond donors (Lipinski definition) is 2. The minimum absolute atomic E-state index is 0.434. The Morgan fingerprint density at radius 3 is 3.05 bits per heavy atom. The molecule has 0 aliphatic carbocycles. The molecule has 0 bridgehead atoms. The zero-order valence-corrected chi connectivity index (χ0v) is 11.1. The van der Waals surface area contributed by atoms with Crippen molar-refractivity contribution in [1.29, 1.82) is 0 Å². The Labute approximate surface area is 115 Å². The van der Waals surface area contributed by atoms with Gasteiger partial charge in [-0.05, 0) is 6.42 Å². The minimum Gasteiger partial charge on any atom is -0.369 e. The second kappa shape index (κ2) is 5.55. The van der Waals surface area contributed by atoms with E-state index in [0.29, 0.717) is 18.2 Å². The minimum atomic E-state index is 0.434. The van der Waals surface area contributed by atoms with Crippen molar-refractivity contribution >= 4 is 17.3 Å². The highest BCUT2D eigenvalue weighted by Gasteiger charge is 2.08. The summed E-state index contributed by atoms with van der Waals surface area (Å²) in [4.78, 5) is 12.8. The van der Waals surface area contributed by atoms with Crippen molar-refractivity contribution in [3.63, 3.8) is 0 Å². The predicted octanol–water partition coefficient (Wildman–Crippen LogP) is 1.55. The highest BCUT2D eigenvalue weighted by atomic mass is 16.5. The number of nitrogens with one attached hydrogen (secondary N) is 2. The molecule has 0 amide bonds. The summed E-state index contributed by atoms with van der Waals surface area (Å²) >= 11 is 0. The smallest absolute Gasteiger partial charge is 0.213 e. The summed E-state index contributed by atoms with van der Waals surface area (Å²) in [6.45, 7) is 3.42. The highest BCUT2D eigenvalue weighted by molar-refractivity contribution is 5.65. The average molecular weight is 273 g/mol. The fraction of sp³-hybridized carbons (Fsp3) is 0.333. The van der Waals surface area contributed by atoms with Crippen molar-refractivity contribution in [2.75, 3.05) is 17.2 Å². The summed E-state index contributed by atoms with van der Waals surface area (Å²) in [5.41, 5.74) is 0.760. The second-order valence-corrected chi connectivity index (χ2v) is 4.26. The third-order valence-electron chi connectivity index (χ3n) is 2.75. The van der Waals surface area contributed by atoms with Crippen molar-refractivity contribution in [1.82, 2.24) is 24.5 Å². The van der Waals surface area contributed by atoms with Crippen molar-refractivity contribution in [2.24, 2.45) is 0 Å². The number of imidazole rings is 1. The van der Waals surface area contributed by atoms with Gasteiger partial charge in [-0.15, -0.1) is 0 Å². The molecule has 3 aromatic rings. The summed E-state index contributed by atoms with van der Waals surface area (Å²) in [5.74, 6) is 2.05. The topological polar surface area (TPSA) is 93.2 Å². The van der Waals surface area contributed by atoms with Crippen molar-refractivity contribution in [2.45, 2.75) is 19.9 Å². The van der Waals surface area contributed by atoms with E-state index in [2.05, 4.69) is 37.7 Å². The van der Waals surface area contributed by atoms with Crippen molar-refractivity contribution < 1.29 is 4.52 Å². The molecule has 8 heteroatoms. The van der Waals surface area contributed by atoms with Crippen LogP contribution in [0, 0.1) is 0 Å². The van der Waals surface area contributed by atoms with Gasteiger partial charge in [0.25, 0.3) is 0 Å². The summed E-state index contributed by atoms with van der Waals surface area (Å²) in [5, 5.41) is 10.2. The standard InChI is InChI=1S/C12H15N7O/c1-2-3-13-10-7-19-5-4-14-12(19)11(17-10)15-6-9-16-8-20-18-9/h4-5,7-8,13H,2-3,6H2,1H3,(H,15,17). The first-order valence-electron chi connectivity index (χ1n) is 6.43. The Hall–Kier alpha value is -2.64.